The standard InChI is InChI=1S/C15H24N4O3S/c1-4-19-13(7-11(17-19)10(2)3)15(20)18-6-5-16-12-8-23(21,22)9-14(12)18/h7,10,12,14,16H,4-6,8-9H2,1-3H3/t12-,14+/m1/s1. The molecule has 0 aromatic carbocycles. The van der Waals surface area contributed by atoms with Crippen molar-refractivity contribution in [3.8, 4) is 0 Å². The van der Waals surface area contributed by atoms with Gasteiger partial charge in [0.15, 0.2) is 9.84 Å². The molecule has 0 spiro atoms. The fourth-order valence-electron chi connectivity index (χ4n) is 3.40. The number of nitrogens with zero attached hydrogens (tertiary/aromatic N) is 3. The van der Waals surface area contributed by atoms with E-state index in [9.17, 15) is 13.2 Å². The van der Waals surface area contributed by atoms with Crippen molar-refractivity contribution in [3.05, 3.63) is 17.5 Å². The molecule has 23 heavy (non-hydrogen) atoms. The summed E-state index contributed by atoms with van der Waals surface area (Å²) in [5.74, 6) is 0.302. The number of carbonyl (C=O) groups is 1. The number of aryl methyl sites for hydroxylation is 1. The average molecular weight is 340 g/mol. The third kappa shape index (κ3) is 3.01. The fraction of sp³-hybridized carbons (Fsp3) is 0.733. The number of hydrogen-bond acceptors (Lipinski definition) is 5. The van der Waals surface area contributed by atoms with Crippen molar-refractivity contribution in [1.82, 2.24) is 20.0 Å². The van der Waals surface area contributed by atoms with Crippen LogP contribution < -0.4 is 5.32 Å². The lowest BCUT2D eigenvalue weighted by atomic mass is 10.1. The summed E-state index contributed by atoms with van der Waals surface area (Å²) in [6, 6.07) is 1.42. The predicted molar refractivity (Wildman–Crippen MR) is 87.3 cm³/mol. The van der Waals surface area contributed by atoms with Crippen LogP contribution in [-0.4, -0.2) is 65.7 Å². The van der Waals surface area contributed by atoms with Gasteiger partial charge in [-0.15, -0.1) is 0 Å². The molecule has 0 radical (unpaired) electrons. The van der Waals surface area contributed by atoms with Gasteiger partial charge in [-0.3, -0.25) is 9.48 Å². The van der Waals surface area contributed by atoms with E-state index < -0.39 is 9.84 Å². The topological polar surface area (TPSA) is 84.3 Å². The summed E-state index contributed by atoms with van der Waals surface area (Å²) in [5, 5.41) is 7.72. The van der Waals surface area contributed by atoms with Crippen LogP contribution in [0.1, 0.15) is 42.9 Å². The molecule has 2 aliphatic heterocycles. The Kier molecular flexibility index (Phi) is 4.22. The van der Waals surface area contributed by atoms with Gasteiger partial charge in [-0.05, 0) is 18.9 Å². The monoisotopic (exact) mass is 340 g/mol. The highest BCUT2D eigenvalue weighted by molar-refractivity contribution is 7.91. The number of aromatic nitrogens is 2. The van der Waals surface area contributed by atoms with Gasteiger partial charge in [-0.25, -0.2) is 8.42 Å². The number of amides is 1. The summed E-state index contributed by atoms with van der Waals surface area (Å²) in [4.78, 5) is 14.7. The van der Waals surface area contributed by atoms with Crippen molar-refractivity contribution in [2.24, 2.45) is 0 Å². The first-order valence-electron chi connectivity index (χ1n) is 8.15. The highest BCUT2D eigenvalue weighted by Gasteiger charge is 2.45. The summed E-state index contributed by atoms with van der Waals surface area (Å²) in [6.45, 7) is 7.81. The first kappa shape index (κ1) is 16.4. The van der Waals surface area contributed by atoms with Gasteiger partial charge in [0.1, 0.15) is 5.69 Å². The SMILES string of the molecule is CCn1nc(C(C)C)cc1C(=O)N1CCN[C@@H]2CS(=O)(=O)C[C@@H]21. The van der Waals surface area contributed by atoms with Gasteiger partial charge in [0.05, 0.1) is 23.2 Å². The lowest BCUT2D eigenvalue weighted by molar-refractivity contribution is 0.0609. The Morgan fingerprint density at radius 3 is 2.83 bits per heavy atom. The largest absolute Gasteiger partial charge is 0.330 e. The van der Waals surface area contributed by atoms with Crippen molar-refractivity contribution < 1.29 is 13.2 Å². The van der Waals surface area contributed by atoms with Crippen LogP contribution in [-0.2, 0) is 16.4 Å². The van der Waals surface area contributed by atoms with Crippen molar-refractivity contribution in [1.29, 1.82) is 0 Å². The average Bonchev–Trinajstić information content (AvgIpc) is 3.04. The molecule has 7 nitrogen and oxygen atoms in total. The van der Waals surface area contributed by atoms with Crippen LogP contribution in [0.2, 0.25) is 0 Å². The van der Waals surface area contributed by atoms with Crippen LogP contribution in [0.3, 0.4) is 0 Å². The second kappa shape index (κ2) is 5.90. The Balaban J connectivity index is 1.91. The summed E-state index contributed by atoms with van der Waals surface area (Å²) >= 11 is 0. The normalized spacial score (nSPS) is 26.5. The molecule has 0 aliphatic carbocycles. The highest BCUT2D eigenvalue weighted by atomic mass is 32.2. The molecule has 128 valence electrons. The van der Waals surface area contributed by atoms with Crippen molar-refractivity contribution in [3.63, 3.8) is 0 Å². The molecule has 2 atom stereocenters. The zero-order valence-corrected chi connectivity index (χ0v) is 14.6. The Morgan fingerprint density at radius 1 is 1.43 bits per heavy atom. The van der Waals surface area contributed by atoms with Crippen LogP contribution in [0.5, 0.6) is 0 Å². The molecule has 3 heterocycles. The number of fused-ring (bicyclic) bond motifs is 1. The maximum Gasteiger partial charge on any atom is 0.272 e. The van der Waals surface area contributed by atoms with Gasteiger partial charge in [0.25, 0.3) is 5.91 Å². The molecule has 2 saturated heterocycles. The smallest absolute Gasteiger partial charge is 0.272 e. The van der Waals surface area contributed by atoms with Crippen LogP contribution in [0.25, 0.3) is 0 Å². The van der Waals surface area contributed by atoms with Crippen molar-refractivity contribution in [2.45, 2.75) is 45.3 Å². The van der Waals surface area contributed by atoms with E-state index in [1.807, 2.05) is 26.8 Å². The molecule has 0 bridgehead atoms. The van der Waals surface area contributed by atoms with E-state index in [2.05, 4.69) is 10.4 Å². The molecule has 1 N–H and O–H groups in total. The number of hydrogen-bond donors (Lipinski definition) is 1. The lowest BCUT2D eigenvalue weighted by Crippen LogP contribution is -2.59. The molecular weight excluding hydrogens is 316 g/mol. The molecule has 0 saturated carbocycles. The summed E-state index contributed by atoms with van der Waals surface area (Å²) in [6.07, 6.45) is 0. The van der Waals surface area contributed by atoms with E-state index in [1.165, 1.54) is 0 Å². The first-order valence-corrected chi connectivity index (χ1v) is 9.97. The lowest BCUT2D eigenvalue weighted by Gasteiger charge is -2.37. The summed E-state index contributed by atoms with van der Waals surface area (Å²) < 4.78 is 25.6. The predicted octanol–water partition coefficient (Wildman–Crippen LogP) is 0.237. The molecule has 1 aromatic rings. The third-order valence-corrected chi connectivity index (χ3v) is 6.37. The van der Waals surface area contributed by atoms with E-state index >= 15 is 0 Å². The minimum absolute atomic E-state index is 0.0493. The second-order valence-electron chi connectivity index (χ2n) is 6.63. The van der Waals surface area contributed by atoms with E-state index in [4.69, 9.17) is 0 Å². The summed E-state index contributed by atoms with van der Waals surface area (Å²) in [7, 11) is -3.08. The third-order valence-electron chi connectivity index (χ3n) is 4.65. The number of rotatable bonds is 3. The van der Waals surface area contributed by atoms with Gasteiger partial charge in [-0.1, -0.05) is 13.8 Å². The van der Waals surface area contributed by atoms with Crippen molar-refractivity contribution in [2.75, 3.05) is 24.6 Å². The molecule has 0 unspecified atom stereocenters. The zero-order chi connectivity index (χ0) is 16.8. The van der Waals surface area contributed by atoms with Gasteiger partial charge < -0.3 is 10.2 Å². The zero-order valence-electron chi connectivity index (χ0n) is 13.8. The second-order valence-corrected chi connectivity index (χ2v) is 8.78. The Labute approximate surface area is 137 Å². The minimum Gasteiger partial charge on any atom is -0.330 e. The van der Waals surface area contributed by atoms with Crippen LogP contribution in [0.15, 0.2) is 6.07 Å². The fourth-order valence-corrected chi connectivity index (χ4v) is 5.35. The van der Waals surface area contributed by atoms with E-state index in [1.54, 1.807) is 9.58 Å². The molecule has 8 heteroatoms. The first-order chi connectivity index (χ1) is 10.8. The van der Waals surface area contributed by atoms with Crippen LogP contribution >= 0.6 is 0 Å². The number of piperazine rings is 1. The summed E-state index contributed by atoms with van der Waals surface area (Å²) in [5.41, 5.74) is 1.45. The van der Waals surface area contributed by atoms with E-state index in [0.717, 1.165) is 5.69 Å². The Bertz CT molecular complexity index is 710. The Morgan fingerprint density at radius 2 is 2.17 bits per heavy atom. The number of sulfone groups is 1. The number of nitrogens with one attached hydrogen (secondary N) is 1. The van der Waals surface area contributed by atoms with Crippen LogP contribution in [0.4, 0.5) is 0 Å². The maximum absolute atomic E-state index is 13.0. The molecule has 2 aliphatic rings. The molecule has 1 amide bonds. The maximum atomic E-state index is 13.0. The van der Waals surface area contributed by atoms with Crippen molar-refractivity contribution >= 4 is 15.7 Å². The van der Waals surface area contributed by atoms with E-state index in [-0.39, 0.29) is 35.4 Å². The molecule has 3 rings (SSSR count). The molecule has 2 fully saturated rings. The molecular formula is C15H24N4O3S. The Hall–Kier alpha value is -1.41. The number of carbonyl (C=O) groups excluding carboxylic acids is 1. The van der Waals surface area contributed by atoms with Gasteiger partial charge >= 0.3 is 0 Å². The van der Waals surface area contributed by atoms with Crippen LogP contribution in [0, 0.1) is 0 Å². The van der Waals surface area contributed by atoms with E-state index in [0.29, 0.717) is 25.3 Å². The van der Waals surface area contributed by atoms with Gasteiger partial charge in [0, 0.05) is 25.7 Å². The highest BCUT2D eigenvalue weighted by Crippen LogP contribution is 2.24. The van der Waals surface area contributed by atoms with Gasteiger partial charge in [0.2, 0.25) is 0 Å². The molecule has 1 aromatic heterocycles. The van der Waals surface area contributed by atoms with Gasteiger partial charge in [-0.2, -0.15) is 5.10 Å². The quantitative estimate of drug-likeness (QED) is 0.852. The minimum atomic E-state index is -3.08.